The molecule has 0 spiro atoms. The van der Waals surface area contributed by atoms with E-state index in [2.05, 4.69) is 24.5 Å². The molecule has 88 valence electrons. The van der Waals surface area contributed by atoms with Gasteiger partial charge in [0.05, 0.1) is 0 Å². The molecule has 0 saturated carbocycles. The molecule has 0 fully saturated rings. The minimum atomic E-state index is 0.0198. The van der Waals surface area contributed by atoms with E-state index in [1.54, 1.807) is 6.92 Å². The van der Waals surface area contributed by atoms with Gasteiger partial charge in [-0.15, -0.1) is 0 Å². The maximum atomic E-state index is 11.2. The normalized spacial score (nSPS) is 10.1. The van der Waals surface area contributed by atoms with Crippen molar-refractivity contribution in [2.75, 3.05) is 13.1 Å². The Morgan fingerprint density at radius 3 is 2.07 bits per heavy atom. The van der Waals surface area contributed by atoms with Gasteiger partial charge in [-0.3, -0.25) is 9.59 Å². The first-order valence-corrected chi connectivity index (χ1v) is 5.59. The van der Waals surface area contributed by atoms with Gasteiger partial charge in [0, 0.05) is 25.9 Å². The van der Waals surface area contributed by atoms with E-state index in [1.165, 1.54) is 0 Å². The second-order valence-electron chi connectivity index (χ2n) is 3.99. The Morgan fingerprint density at radius 1 is 1.07 bits per heavy atom. The molecule has 0 aliphatic heterocycles. The van der Waals surface area contributed by atoms with Crippen LogP contribution < -0.4 is 10.6 Å². The summed E-state index contributed by atoms with van der Waals surface area (Å²) in [7, 11) is 0. The molecule has 4 heteroatoms. The molecule has 15 heavy (non-hydrogen) atoms. The summed E-state index contributed by atoms with van der Waals surface area (Å²) in [4.78, 5) is 22.1. The fourth-order valence-electron chi connectivity index (χ4n) is 1.04. The lowest BCUT2D eigenvalue weighted by Gasteiger charge is -2.07. The van der Waals surface area contributed by atoms with Gasteiger partial charge < -0.3 is 10.6 Å². The van der Waals surface area contributed by atoms with Gasteiger partial charge in [-0.2, -0.15) is 0 Å². The van der Waals surface area contributed by atoms with Crippen molar-refractivity contribution < 1.29 is 9.59 Å². The quantitative estimate of drug-likeness (QED) is 0.623. The van der Waals surface area contributed by atoms with Crippen LogP contribution >= 0.6 is 0 Å². The van der Waals surface area contributed by atoms with Crippen LogP contribution in [0.2, 0.25) is 0 Å². The minimum Gasteiger partial charge on any atom is -0.354 e. The molecule has 0 aromatic heterocycles. The van der Waals surface area contributed by atoms with Crippen molar-refractivity contribution in [2.45, 2.75) is 40.0 Å². The predicted octanol–water partition coefficient (Wildman–Crippen LogP) is 1.06. The van der Waals surface area contributed by atoms with Gasteiger partial charge in [0.25, 0.3) is 0 Å². The lowest BCUT2D eigenvalue weighted by Crippen LogP contribution is -2.34. The highest BCUT2D eigenvalue weighted by Gasteiger charge is 2.02. The summed E-state index contributed by atoms with van der Waals surface area (Å²) in [5.41, 5.74) is 0. The van der Waals surface area contributed by atoms with E-state index in [-0.39, 0.29) is 11.8 Å². The van der Waals surface area contributed by atoms with Crippen LogP contribution in [0.4, 0.5) is 0 Å². The van der Waals surface area contributed by atoms with E-state index < -0.39 is 0 Å². The molecule has 2 N–H and O–H groups in total. The molecular formula is C11H22N2O2. The van der Waals surface area contributed by atoms with Crippen molar-refractivity contribution in [3.8, 4) is 0 Å². The Bertz CT molecular complexity index is 203. The fourth-order valence-corrected chi connectivity index (χ4v) is 1.04. The molecule has 0 rings (SSSR count). The molecule has 0 aliphatic carbocycles. The van der Waals surface area contributed by atoms with E-state index in [9.17, 15) is 9.59 Å². The van der Waals surface area contributed by atoms with E-state index in [0.717, 1.165) is 6.42 Å². The number of carbonyl (C=O) groups excluding carboxylic acids is 2. The summed E-state index contributed by atoms with van der Waals surface area (Å²) in [6.07, 6.45) is 1.97. The maximum absolute atomic E-state index is 11.2. The summed E-state index contributed by atoms with van der Waals surface area (Å²) in [6, 6.07) is 0. The predicted molar refractivity (Wildman–Crippen MR) is 60.4 cm³/mol. The van der Waals surface area contributed by atoms with Gasteiger partial charge in [-0.1, -0.05) is 20.8 Å². The van der Waals surface area contributed by atoms with Crippen LogP contribution in [0.15, 0.2) is 0 Å². The van der Waals surface area contributed by atoms with Gasteiger partial charge in [-0.25, -0.2) is 0 Å². The Morgan fingerprint density at radius 2 is 1.60 bits per heavy atom. The van der Waals surface area contributed by atoms with E-state index in [1.807, 2.05) is 0 Å². The number of rotatable bonds is 7. The van der Waals surface area contributed by atoms with Crippen LogP contribution in [0.25, 0.3) is 0 Å². The average Bonchev–Trinajstić information content (AvgIpc) is 2.21. The fraction of sp³-hybridized carbons (Fsp3) is 0.818. The third kappa shape index (κ3) is 9.25. The van der Waals surface area contributed by atoms with Crippen molar-refractivity contribution >= 4 is 11.8 Å². The molecule has 0 aromatic rings. The van der Waals surface area contributed by atoms with Crippen molar-refractivity contribution in [3.05, 3.63) is 0 Å². The maximum Gasteiger partial charge on any atom is 0.220 e. The van der Waals surface area contributed by atoms with E-state index >= 15 is 0 Å². The molecule has 0 unspecified atom stereocenters. The topological polar surface area (TPSA) is 58.2 Å². The van der Waals surface area contributed by atoms with Crippen molar-refractivity contribution in [2.24, 2.45) is 5.92 Å². The molecular weight excluding hydrogens is 192 g/mol. The lowest BCUT2D eigenvalue weighted by molar-refractivity contribution is -0.122. The summed E-state index contributed by atoms with van der Waals surface area (Å²) in [5.74, 6) is 0.636. The Labute approximate surface area is 91.8 Å². The highest BCUT2D eigenvalue weighted by Crippen LogP contribution is 2.02. The largest absolute Gasteiger partial charge is 0.354 e. The minimum absolute atomic E-state index is 0.0198. The number of hydrogen-bond acceptors (Lipinski definition) is 2. The van der Waals surface area contributed by atoms with Crippen molar-refractivity contribution in [3.63, 3.8) is 0 Å². The van der Waals surface area contributed by atoms with Crippen LogP contribution in [0.1, 0.15) is 40.0 Å². The smallest absolute Gasteiger partial charge is 0.220 e. The Hall–Kier alpha value is -1.06. The molecule has 0 atom stereocenters. The standard InChI is InChI=1S/C11H22N2O2/c1-4-10(14)12-7-8-13-11(15)6-5-9(2)3/h9H,4-8H2,1-3H3,(H,12,14)(H,13,15). The van der Waals surface area contributed by atoms with Gasteiger partial charge in [0.15, 0.2) is 0 Å². The number of nitrogens with one attached hydrogen (secondary N) is 2. The molecule has 0 aromatic carbocycles. The molecule has 0 heterocycles. The summed E-state index contributed by atoms with van der Waals surface area (Å²) in [6.45, 7) is 7.02. The van der Waals surface area contributed by atoms with Crippen LogP contribution in [0, 0.1) is 5.92 Å². The first kappa shape index (κ1) is 13.9. The third-order valence-electron chi connectivity index (χ3n) is 2.04. The first-order valence-electron chi connectivity index (χ1n) is 5.59. The van der Waals surface area contributed by atoms with Gasteiger partial charge in [0.2, 0.25) is 11.8 Å². The summed E-state index contributed by atoms with van der Waals surface area (Å²) < 4.78 is 0. The third-order valence-corrected chi connectivity index (χ3v) is 2.04. The van der Waals surface area contributed by atoms with Gasteiger partial charge in [0.1, 0.15) is 0 Å². The average molecular weight is 214 g/mol. The zero-order valence-electron chi connectivity index (χ0n) is 9.93. The highest BCUT2D eigenvalue weighted by atomic mass is 16.2. The zero-order valence-corrected chi connectivity index (χ0v) is 9.93. The number of carbonyl (C=O) groups is 2. The van der Waals surface area contributed by atoms with Crippen molar-refractivity contribution in [1.29, 1.82) is 0 Å². The van der Waals surface area contributed by atoms with Gasteiger partial charge >= 0.3 is 0 Å². The number of hydrogen-bond donors (Lipinski definition) is 2. The van der Waals surface area contributed by atoms with E-state index in [4.69, 9.17) is 0 Å². The molecule has 0 saturated heterocycles. The van der Waals surface area contributed by atoms with E-state index in [0.29, 0.717) is 31.8 Å². The Kier molecular flexibility index (Phi) is 7.68. The molecule has 0 aliphatic rings. The summed E-state index contributed by atoms with van der Waals surface area (Å²) >= 11 is 0. The number of amides is 2. The lowest BCUT2D eigenvalue weighted by atomic mass is 10.1. The molecule has 2 amide bonds. The first-order chi connectivity index (χ1) is 7.06. The van der Waals surface area contributed by atoms with Crippen LogP contribution in [0.3, 0.4) is 0 Å². The second-order valence-corrected chi connectivity index (χ2v) is 3.99. The second kappa shape index (κ2) is 8.26. The molecule has 0 radical (unpaired) electrons. The summed E-state index contributed by atoms with van der Waals surface area (Å²) in [5, 5.41) is 5.46. The van der Waals surface area contributed by atoms with Crippen LogP contribution in [-0.4, -0.2) is 24.9 Å². The van der Waals surface area contributed by atoms with Crippen LogP contribution in [-0.2, 0) is 9.59 Å². The monoisotopic (exact) mass is 214 g/mol. The van der Waals surface area contributed by atoms with Crippen LogP contribution in [0.5, 0.6) is 0 Å². The molecule has 4 nitrogen and oxygen atoms in total. The molecule has 0 bridgehead atoms. The zero-order chi connectivity index (χ0) is 11.7. The Balaban J connectivity index is 3.35. The SMILES string of the molecule is CCC(=O)NCCNC(=O)CCC(C)C. The van der Waals surface area contributed by atoms with Gasteiger partial charge in [-0.05, 0) is 12.3 Å². The van der Waals surface area contributed by atoms with Crippen molar-refractivity contribution in [1.82, 2.24) is 10.6 Å². The highest BCUT2D eigenvalue weighted by molar-refractivity contribution is 5.76.